The number of hydrogen-bond donors (Lipinski definition) is 0. The van der Waals surface area contributed by atoms with Crippen LogP contribution < -0.4 is 14.2 Å². The summed E-state index contributed by atoms with van der Waals surface area (Å²) in [7, 11) is 1.62. The number of ether oxygens (including phenoxy) is 3. The van der Waals surface area contributed by atoms with Gasteiger partial charge in [0.15, 0.2) is 17.3 Å². The Morgan fingerprint density at radius 3 is 2.67 bits per heavy atom. The van der Waals surface area contributed by atoms with E-state index >= 15 is 0 Å². The molecule has 1 aliphatic heterocycles. The molecule has 0 aliphatic carbocycles. The fraction of sp³-hybridized carbons (Fsp3) is 0.167. The van der Waals surface area contributed by atoms with Crippen LogP contribution in [0, 0.1) is 6.92 Å². The van der Waals surface area contributed by atoms with Gasteiger partial charge in [-0.15, -0.1) is 0 Å². The molecule has 0 N–H and O–H groups in total. The third-order valence-electron chi connectivity index (χ3n) is 3.74. The minimum absolute atomic E-state index is 0.214. The second-order valence-corrected chi connectivity index (χ2v) is 5.37. The molecule has 0 saturated heterocycles. The number of hydrogen-bond acceptors (Lipinski definition) is 6. The van der Waals surface area contributed by atoms with Crippen LogP contribution in [-0.2, 0) is 0 Å². The Morgan fingerprint density at radius 1 is 1.08 bits per heavy atom. The van der Waals surface area contributed by atoms with E-state index in [1.165, 1.54) is 0 Å². The van der Waals surface area contributed by atoms with Crippen molar-refractivity contribution in [2.24, 2.45) is 0 Å². The zero-order valence-corrected chi connectivity index (χ0v) is 13.3. The zero-order valence-electron chi connectivity index (χ0n) is 13.3. The van der Waals surface area contributed by atoms with Gasteiger partial charge in [0.1, 0.15) is 5.75 Å². The van der Waals surface area contributed by atoms with Crippen molar-refractivity contribution >= 4 is 0 Å². The van der Waals surface area contributed by atoms with Crippen LogP contribution in [0.1, 0.15) is 5.69 Å². The molecule has 0 amide bonds. The minimum Gasteiger partial charge on any atom is -0.496 e. The molecule has 6 heteroatoms. The fourth-order valence-electron chi connectivity index (χ4n) is 2.62. The maximum Gasteiger partial charge on any atom is 0.231 e. The van der Waals surface area contributed by atoms with Gasteiger partial charge >= 0.3 is 0 Å². The first-order valence-corrected chi connectivity index (χ1v) is 7.48. The molecule has 3 heterocycles. The number of benzene rings is 1. The molecule has 0 fully saturated rings. The van der Waals surface area contributed by atoms with Crippen LogP contribution in [-0.4, -0.2) is 28.9 Å². The van der Waals surface area contributed by atoms with E-state index in [-0.39, 0.29) is 6.79 Å². The average molecular weight is 321 g/mol. The normalized spacial score (nSPS) is 12.2. The van der Waals surface area contributed by atoms with Gasteiger partial charge in [0.2, 0.25) is 6.79 Å². The molecule has 0 atom stereocenters. The summed E-state index contributed by atoms with van der Waals surface area (Å²) in [6, 6.07) is 9.42. The molecule has 2 aromatic heterocycles. The summed E-state index contributed by atoms with van der Waals surface area (Å²) in [5, 5.41) is 0. The Labute approximate surface area is 139 Å². The van der Waals surface area contributed by atoms with Crippen LogP contribution in [0.3, 0.4) is 0 Å². The Morgan fingerprint density at radius 2 is 1.92 bits per heavy atom. The van der Waals surface area contributed by atoms with E-state index in [4.69, 9.17) is 14.2 Å². The van der Waals surface area contributed by atoms with Crippen molar-refractivity contribution < 1.29 is 14.2 Å². The highest BCUT2D eigenvalue weighted by Crippen LogP contribution is 2.42. The Kier molecular flexibility index (Phi) is 3.49. The lowest BCUT2D eigenvalue weighted by molar-refractivity contribution is 0.174. The molecular formula is C18H15N3O3. The van der Waals surface area contributed by atoms with Gasteiger partial charge in [-0.3, -0.25) is 4.98 Å². The third kappa shape index (κ3) is 2.52. The van der Waals surface area contributed by atoms with Gasteiger partial charge in [0.05, 0.1) is 12.8 Å². The molecule has 120 valence electrons. The van der Waals surface area contributed by atoms with Crippen LogP contribution >= 0.6 is 0 Å². The van der Waals surface area contributed by atoms with Crippen molar-refractivity contribution in [3.8, 4) is 39.9 Å². The van der Waals surface area contributed by atoms with Crippen molar-refractivity contribution in [1.82, 2.24) is 15.0 Å². The lowest BCUT2D eigenvalue weighted by Crippen LogP contribution is -1.97. The predicted molar refractivity (Wildman–Crippen MR) is 88.1 cm³/mol. The predicted octanol–water partition coefficient (Wildman–Crippen LogP) is 3.25. The van der Waals surface area contributed by atoms with Gasteiger partial charge in [0, 0.05) is 35.3 Å². The van der Waals surface area contributed by atoms with E-state index in [1.54, 1.807) is 19.5 Å². The summed E-state index contributed by atoms with van der Waals surface area (Å²) in [5.74, 6) is 2.66. The molecule has 3 aromatic rings. The summed E-state index contributed by atoms with van der Waals surface area (Å²) < 4.78 is 16.4. The number of aryl methyl sites for hydroxylation is 1. The second kappa shape index (κ2) is 5.81. The first-order chi connectivity index (χ1) is 11.7. The molecule has 4 rings (SSSR count). The number of aromatic nitrogens is 3. The Bertz CT molecular complexity index is 898. The van der Waals surface area contributed by atoms with Crippen molar-refractivity contribution in [2.45, 2.75) is 6.92 Å². The zero-order chi connectivity index (χ0) is 16.5. The number of rotatable bonds is 3. The maximum absolute atomic E-state index is 5.50. The van der Waals surface area contributed by atoms with Crippen LogP contribution in [0.4, 0.5) is 0 Å². The topological polar surface area (TPSA) is 66.4 Å². The van der Waals surface area contributed by atoms with Gasteiger partial charge in [-0.25, -0.2) is 9.97 Å². The number of nitrogens with zero attached hydrogens (tertiary/aromatic N) is 3. The highest BCUT2D eigenvalue weighted by molar-refractivity contribution is 5.73. The highest BCUT2D eigenvalue weighted by atomic mass is 16.7. The molecular weight excluding hydrogens is 306 g/mol. The Balaban J connectivity index is 1.87. The van der Waals surface area contributed by atoms with Gasteiger partial charge in [-0.2, -0.15) is 0 Å². The molecule has 1 aliphatic rings. The SMILES string of the molecule is COc1cc2c(cc1-c1cc(C)nc(-c3cccnc3)n1)OCO2. The van der Waals surface area contributed by atoms with Crippen molar-refractivity contribution in [1.29, 1.82) is 0 Å². The molecule has 0 bridgehead atoms. The molecule has 0 unspecified atom stereocenters. The van der Waals surface area contributed by atoms with Crippen LogP contribution in [0.15, 0.2) is 42.7 Å². The molecule has 0 radical (unpaired) electrons. The van der Waals surface area contributed by atoms with E-state index in [9.17, 15) is 0 Å². The second-order valence-electron chi connectivity index (χ2n) is 5.37. The molecule has 0 saturated carbocycles. The molecule has 24 heavy (non-hydrogen) atoms. The summed E-state index contributed by atoms with van der Waals surface area (Å²) >= 11 is 0. The van der Waals surface area contributed by atoms with Gasteiger partial charge in [-0.05, 0) is 31.2 Å². The van der Waals surface area contributed by atoms with E-state index in [0.717, 1.165) is 22.5 Å². The van der Waals surface area contributed by atoms with E-state index < -0.39 is 0 Å². The standard InChI is InChI=1S/C18H15N3O3/c1-11-6-14(21-18(20-11)12-4-3-5-19-9-12)13-7-16-17(24-10-23-16)8-15(13)22-2/h3-9H,10H2,1-2H3. The monoisotopic (exact) mass is 321 g/mol. The van der Waals surface area contributed by atoms with E-state index in [0.29, 0.717) is 23.1 Å². The summed E-state index contributed by atoms with van der Waals surface area (Å²) in [5.41, 5.74) is 3.31. The first-order valence-electron chi connectivity index (χ1n) is 7.48. The van der Waals surface area contributed by atoms with Crippen molar-refractivity contribution in [3.63, 3.8) is 0 Å². The maximum atomic E-state index is 5.50. The quantitative estimate of drug-likeness (QED) is 0.738. The molecule has 6 nitrogen and oxygen atoms in total. The van der Waals surface area contributed by atoms with Gasteiger partial charge in [-0.1, -0.05) is 0 Å². The highest BCUT2D eigenvalue weighted by Gasteiger charge is 2.20. The largest absolute Gasteiger partial charge is 0.496 e. The Hall–Kier alpha value is -3.15. The number of pyridine rings is 1. The molecule has 1 aromatic carbocycles. The lowest BCUT2D eigenvalue weighted by Gasteiger charge is -2.11. The number of methoxy groups -OCH3 is 1. The summed E-state index contributed by atoms with van der Waals surface area (Å²) in [6.07, 6.45) is 3.47. The van der Waals surface area contributed by atoms with Crippen molar-refractivity contribution in [2.75, 3.05) is 13.9 Å². The van der Waals surface area contributed by atoms with Crippen LogP contribution in [0.5, 0.6) is 17.2 Å². The fourth-order valence-corrected chi connectivity index (χ4v) is 2.62. The van der Waals surface area contributed by atoms with Crippen LogP contribution in [0.25, 0.3) is 22.6 Å². The summed E-state index contributed by atoms with van der Waals surface area (Å²) in [6.45, 7) is 2.15. The lowest BCUT2D eigenvalue weighted by atomic mass is 10.1. The summed E-state index contributed by atoms with van der Waals surface area (Å²) in [4.78, 5) is 13.3. The smallest absolute Gasteiger partial charge is 0.231 e. The minimum atomic E-state index is 0.214. The van der Waals surface area contributed by atoms with Crippen molar-refractivity contribution in [3.05, 3.63) is 48.4 Å². The molecule has 0 spiro atoms. The van der Waals surface area contributed by atoms with Gasteiger partial charge < -0.3 is 14.2 Å². The van der Waals surface area contributed by atoms with Gasteiger partial charge in [0.25, 0.3) is 0 Å². The third-order valence-corrected chi connectivity index (χ3v) is 3.74. The first kappa shape index (κ1) is 14.4. The van der Waals surface area contributed by atoms with E-state index in [2.05, 4.69) is 15.0 Å². The van der Waals surface area contributed by atoms with Crippen LogP contribution in [0.2, 0.25) is 0 Å². The average Bonchev–Trinajstić information content (AvgIpc) is 3.08. The van der Waals surface area contributed by atoms with E-state index in [1.807, 2.05) is 37.3 Å². The number of fused-ring (bicyclic) bond motifs is 1.